The van der Waals surface area contributed by atoms with Crippen molar-refractivity contribution in [1.82, 2.24) is 10.1 Å². The predicted molar refractivity (Wildman–Crippen MR) is 97.5 cm³/mol. The van der Waals surface area contributed by atoms with E-state index >= 15 is 0 Å². The molecule has 8 heteroatoms. The van der Waals surface area contributed by atoms with E-state index in [1.54, 1.807) is 49.4 Å². The third-order valence-corrected chi connectivity index (χ3v) is 3.37. The Morgan fingerprint density at radius 2 is 1.69 bits per heavy atom. The van der Waals surface area contributed by atoms with Crippen LogP contribution in [0.3, 0.4) is 0 Å². The largest absolute Gasteiger partial charge is 0.360 e. The first-order valence-corrected chi connectivity index (χ1v) is 7.85. The highest BCUT2D eigenvalue weighted by molar-refractivity contribution is 6.04. The molecule has 1 aromatic carbocycles. The summed E-state index contributed by atoms with van der Waals surface area (Å²) >= 11 is 0. The van der Waals surface area contributed by atoms with Gasteiger partial charge >= 0.3 is 0 Å². The van der Waals surface area contributed by atoms with Gasteiger partial charge in [-0.05, 0) is 43.3 Å². The van der Waals surface area contributed by atoms with Crippen molar-refractivity contribution in [2.75, 3.05) is 16.0 Å². The summed E-state index contributed by atoms with van der Waals surface area (Å²) in [5.41, 5.74) is 1.90. The van der Waals surface area contributed by atoms with Crippen LogP contribution in [0.1, 0.15) is 23.0 Å². The van der Waals surface area contributed by atoms with Crippen molar-refractivity contribution >= 4 is 34.8 Å². The average Bonchev–Trinajstić information content (AvgIpc) is 3.01. The van der Waals surface area contributed by atoms with Gasteiger partial charge in [0.25, 0.3) is 5.91 Å². The van der Waals surface area contributed by atoms with E-state index in [0.717, 1.165) is 5.69 Å². The fourth-order valence-corrected chi connectivity index (χ4v) is 2.24. The fraction of sp³-hybridized carbons (Fsp3) is 0.111. The zero-order valence-corrected chi connectivity index (χ0v) is 14.2. The lowest BCUT2D eigenvalue weighted by molar-refractivity contribution is -0.114. The lowest BCUT2D eigenvalue weighted by atomic mass is 10.2. The molecule has 0 aliphatic heterocycles. The first-order valence-electron chi connectivity index (χ1n) is 7.85. The molecule has 0 spiro atoms. The molecule has 0 fully saturated rings. The van der Waals surface area contributed by atoms with Crippen LogP contribution >= 0.6 is 0 Å². The number of hydrogen-bond donors (Lipinski definition) is 3. The number of carbonyl (C=O) groups is 2. The van der Waals surface area contributed by atoms with Crippen LogP contribution in [-0.4, -0.2) is 22.0 Å². The first-order chi connectivity index (χ1) is 12.5. The number of nitrogens with zero attached hydrogens (tertiary/aromatic N) is 2. The third-order valence-electron chi connectivity index (χ3n) is 3.37. The van der Waals surface area contributed by atoms with Crippen molar-refractivity contribution in [3.8, 4) is 0 Å². The minimum Gasteiger partial charge on any atom is -0.360 e. The zero-order valence-electron chi connectivity index (χ0n) is 14.2. The number of amides is 2. The minimum absolute atomic E-state index is 0.131. The molecule has 0 atom stereocenters. The smallest absolute Gasteiger partial charge is 0.257 e. The van der Waals surface area contributed by atoms with Gasteiger partial charge in [-0.1, -0.05) is 5.16 Å². The second kappa shape index (κ2) is 7.47. The molecule has 0 aliphatic rings. The van der Waals surface area contributed by atoms with E-state index in [2.05, 4.69) is 26.1 Å². The lowest BCUT2D eigenvalue weighted by Gasteiger charge is -2.08. The highest BCUT2D eigenvalue weighted by atomic mass is 16.5. The molecule has 2 heterocycles. The van der Waals surface area contributed by atoms with Crippen molar-refractivity contribution < 1.29 is 14.1 Å². The van der Waals surface area contributed by atoms with Crippen molar-refractivity contribution in [3.05, 3.63) is 60.0 Å². The van der Waals surface area contributed by atoms with E-state index in [-0.39, 0.29) is 11.8 Å². The van der Waals surface area contributed by atoms with E-state index in [1.165, 1.54) is 13.1 Å². The van der Waals surface area contributed by atoms with E-state index in [9.17, 15) is 9.59 Å². The van der Waals surface area contributed by atoms with Crippen molar-refractivity contribution in [1.29, 1.82) is 0 Å². The van der Waals surface area contributed by atoms with Gasteiger partial charge in [-0.25, -0.2) is 4.98 Å². The number of aryl methyl sites for hydroxylation is 1. The van der Waals surface area contributed by atoms with Crippen molar-refractivity contribution in [3.63, 3.8) is 0 Å². The summed E-state index contributed by atoms with van der Waals surface area (Å²) in [6, 6.07) is 12.0. The number of rotatable bonds is 5. The number of carbonyl (C=O) groups excluding carboxylic acids is 2. The second-order valence-electron chi connectivity index (χ2n) is 5.59. The lowest BCUT2D eigenvalue weighted by Crippen LogP contribution is -2.12. The SMILES string of the molecule is CC(=O)Nc1ccc(Nc2cc(C(=O)Nc3cc(C)on3)ccn2)cc1. The van der Waals surface area contributed by atoms with Crippen LogP contribution in [0.5, 0.6) is 0 Å². The van der Waals surface area contributed by atoms with Crippen LogP contribution in [0.25, 0.3) is 0 Å². The number of anilines is 4. The van der Waals surface area contributed by atoms with Gasteiger partial charge in [-0.2, -0.15) is 0 Å². The molecule has 8 nitrogen and oxygen atoms in total. The Morgan fingerprint density at radius 3 is 2.35 bits per heavy atom. The van der Waals surface area contributed by atoms with Crippen LogP contribution < -0.4 is 16.0 Å². The van der Waals surface area contributed by atoms with Crippen LogP contribution in [0, 0.1) is 6.92 Å². The molecule has 2 aromatic heterocycles. The van der Waals surface area contributed by atoms with Crippen molar-refractivity contribution in [2.45, 2.75) is 13.8 Å². The monoisotopic (exact) mass is 351 g/mol. The maximum Gasteiger partial charge on any atom is 0.257 e. The Balaban J connectivity index is 1.68. The maximum atomic E-state index is 12.3. The van der Waals surface area contributed by atoms with Crippen LogP contribution in [0.2, 0.25) is 0 Å². The number of hydrogen-bond acceptors (Lipinski definition) is 6. The molecule has 0 unspecified atom stereocenters. The molecule has 0 aliphatic carbocycles. The van der Waals surface area contributed by atoms with Gasteiger partial charge < -0.3 is 20.5 Å². The Labute approximate surface area is 149 Å². The van der Waals surface area contributed by atoms with Crippen LogP contribution in [-0.2, 0) is 4.79 Å². The number of nitrogens with one attached hydrogen (secondary N) is 3. The molecule has 0 bridgehead atoms. The minimum atomic E-state index is -0.315. The molecule has 0 radical (unpaired) electrons. The van der Waals surface area contributed by atoms with Gasteiger partial charge in [0.1, 0.15) is 11.6 Å². The zero-order chi connectivity index (χ0) is 18.5. The summed E-state index contributed by atoms with van der Waals surface area (Å²) in [7, 11) is 0. The van der Waals surface area contributed by atoms with Gasteiger partial charge in [0.15, 0.2) is 5.82 Å². The molecule has 3 N–H and O–H groups in total. The van der Waals surface area contributed by atoms with Gasteiger partial charge in [0.2, 0.25) is 5.91 Å². The van der Waals surface area contributed by atoms with Gasteiger partial charge in [-0.15, -0.1) is 0 Å². The normalized spacial score (nSPS) is 10.2. The highest BCUT2D eigenvalue weighted by Crippen LogP contribution is 2.19. The van der Waals surface area contributed by atoms with E-state index in [4.69, 9.17) is 4.52 Å². The molecular weight excluding hydrogens is 334 g/mol. The molecule has 0 saturated heterocycles. The summed E-state index contributed by atoms with van der Waals surface area (Å²) in [5, 5.41) is 12.2. The quantitative estimate of drug-likeness (QED) is 0.650. The molecule has 0 saturated carbocycles. The predicted octanol–water partition coefficient (Wildman–Crippen LogP) is 3.33. The van der Waals surface area contributed by atoms with Gasteiger partial charge in [-0.3, -0.25) is 9.59 Å². The van der Waals surface area contributed by atoms with E-state index < -0.39 is 0 Å². The maximum absolute atomic E-state index is 12.3. The Morgan fingerprint density at radius 1 is 0.962 bits per heavy atom. The second-order valence-corrected chi connectivity index (χ2v) is 5.59. The summed E-state index contributed by atoms with van der Waals surface area (Å²) in [6.45, 7) is 3.20. The molecule has 3 aromatic rings. The van der Waals surface area contributed by atoms with Crippen molar-refractivity contribution in [2.24, 2.45) is 0 Å². The standard InChI is InChI=1S/C18H17N5O3/c1-11-9-17(23-26-11)22-18(25)13-7-8-19-16(10-13)21-15-5-3-14(4-6-15)20-12(2)24/h3-10H,1-2H3,(H,19,21)(H,20,24)(H,22,23,25). The molecule has 132 valence electrons. The summed E-state index contributed by atoms with van der Waals surface area (Å²) < 4.78 is 4.92. The summed E-state index contributed by atoms with van der Waals surface area (Å²) in [5.74, 6) is 1.03. The Hall–Kier alpha value is -3.68. The number of aromatic nitrogens is 2. The Kier molecular flexibility index (Phi) is 4.93. The molecular formula is C18H17N5O3. The highest BCUT2D eigenvalue weighted by Gasteiger charge is 2.10. The topological polar surface area (TPSA) is 109 Å². The summed E-state index contributed by atoms with van der Waals surface area (Å²) in [6.07, 6.45) is 1.54. The van der Waals surface area contributed by atoms with E-state index in [1.807, 2.05) is 0 Å². The molecule has 3 rings (SSSR count). The van der Waals surface area contributed by atoms with Gasteiger partial charge in [0, 0.05) is 36.1 Å². The number of benzene rings is 1. The average molecular weight is 351 g/mol. The molecule has 26 heavy (non-hydrogen) atoms. The van der Waals surface area contributed by atoms with Crippen LogP contribution in [0.4, 0.5) is 23.0 Å². The fourth-order valence-electron chi connectivity index (χ4n) is 2.24. The number of pyridine rings is 1. The van der Waals surface area contributed by atoms with Gasteiger partial charge in [0.05, 0.1) is 0 Å². The van der Waals surface area contributed by atoms with Crippen LogP contribution in [0.15, 0.2) is 53.2 Å². The van der Waals surface area contributed by atoms with E-state index in [0.29, 0.717) is 28.6 Å². The third kappa shape index (κ3) is 4.44. The summed E-state index contributed by atoms with van der Waals surface area (Å²) in [4.78, 5) is 27.5. The first kappa shape index (κ1) is 17.2. The molecule has 2 amide bonds. The Bertz CT molecular complexity index is 934.